The fourth-order valence-corrected chi connectivity index (χ4v) is 6.65. The SMILES string of the molecule is CN1CCC(OCc2cnc(NC(=O)/C(=N/O[C@@H]3CCOC3)c3ccc(S(=O)(=O)C4CC4)cc3)s2)CC1. The highest BCUT2D eigenvalue weighted by atomic mass is 32.2. The molecule has 1 saturated carbocycles. The van der Waals surface area contributed by atoms with Gasteiger partial charge in [-0.1, -0.05) is 28.6 Å². The summed E-state index contributed by atoms with van der Waals surface area (Å²) in [7, 11) is -1.21. The molecule has 2 aromatic rings. The lowest BCUT2D eigenvalue weighted by Crippen LogP contribution is -2.34. The van der Waals surface area contributed by atoms with Crippen LogP contribution in [-0.2, 0) is 35.5 Å². The molecular weight excluding hydrogens is 516 g/mol. The van der Waals surface area contributed by atoms with Crippen molar-refractivity contribution in [1.29, 1.82) is 0 Å². The van der Waals surface area contributed by atoms with E-state index in [2.05, 4.69) is 27.4 Å². The van der Waals surface area contributed by atoms with Crippen molar-refractivity contribution in [2.75, 3.05) is 38.7 Å². The summed E-state index contributed by atoms with van der Waals surface area (Å²) in [6.07, 6.45) is 5.78. The van der Waals surface area contributed by atoms with E-state index in [1.807, 2.05) is 0 Å². The first-order chi connectivity index (χ1) is 17.9. The quantitative estimate of drug-likeness (QED) is 0.356. The Morgan fingerprint density at radius 2 is 1.92 bits per heavy atom. The van der Waals surface area contributed by atoms with Crippen LogP contribution in [0.2, 0.25) is 0 Å². The first-order valence-corrected chi connectivity index (χ1v) is 15.0. The Kier molecular flexibility index (Phi) is 8.20. The molecule has 0 spiro atoms. The van der Waals surface area contributed by atoms with E-state index >= 15 is 0 Å². The summed E-state index contributed by atoms with van der Waals surface area (Å²) in [6.45, 7) is 3.49. The van der Waals surface area contributed by atoms with Gasteiger partial charge in [0, 0.05) is 31.3 Å². The van der Waals surface area contributed by atoms with Crippen molar-refractivity contribution in [1.82, 2.24) is 9.88 Å². The topological polar surface area (TPSA) is 119 Å². The molecule has 3 aliphatic rings. The van der Waals surface area contributed by atoms with Crippen LogP contribution in [0.1, 0.15) is 42.5 Å². The van der Waals surface area contributed by atoms with Gasteiger partial charge in [-0.05, 0) is 44.9 Å². The molecule has 3 heterocycles. The number of hydrogen-bond donors (Lipinski definition) is 1. The van der Waals surface area contributed by atoms with Gasteiger partial charge in [0.15, 0.2) is 26.8 Å². The molecule has 0 bridgehead atoms. The van der Waals surface area contributed by atoms with Gasteiger partial charge in [0.25, 0.3) is 5.91 Å². The molecule has 2 aliphatic heterocycles. The standard InChI is InChI=1S/C25H32N4O6S2/c1-29-11-8-18(9-12-29)34-16-20-14-26-25(36-20)27-24(30)23(28-35-19-10-13-33-15-19)17-2-4-21(5-3-17)37(31,32)22-6-7-22/h2-5,14,18-19,22H,6-13,15-16H2,1H3,(H,26,27,30)/b28-23+/t19-/m1/s1. The number of carbonyl (C=O) groups excluding carboxylic acids is 1. The second-order valence-corrected chi connectivity index (χ2v) is 13.0. The summed E-state index contributed by atoms with van der Waals surface area (Å²) in [6, 6.07) is 6.22. The van der Waals surface area contributed by atoms with Crippen LogP contribution in [0.15, 0.2) is 40.5 Å². The van der Waals surface area contributed by atoms with Crippen molar-refractivity contribution in [2.24, 2.45) is 5.16 Å². The van der Waals surface area contributed by atoms with Gasteiger partial charge in [0.05, 0.1) is 40.9 Å². The number of nitrogens with zero attached hydrogens (tertiary/aromatic N) is 3. The van der Waals surface area contributed by atoms with Gasteiger partial charge in [0.2, 0.25) is 0 Å². The number of piperidine rings is 1. The molecule has 200 valence electrons. The Morgan fingerprint density at radius 3 is 2.59 bits per heavy atom. The fourth-order valence-electron chi connectivity index (χ4n) is 4.26. The van der Waals surface area contributed by atoms with Crippen molar-refractivity contribution in [3.05, 3.63) is 40.9 Å². The number of amides is 1. The van der Waals surface area contributed by atoms with E-state index in [1.165, 1.54) is 23.5 Å². The van der Waals surface area contributed by atoms with Crippen molar-refractivity contribution < 1.29 is 27.5 Å². The molecule has 1 amide bonds. The molecule has 3 fully saturated rings. The molecular formula is C25H32N4O6S2. The zero-order chi connectivity index (χ0) is 25.8. The van der Waals surface area contributed by atoms with Crippen LogP contribution < -0.4 is 5.32 Å². The third-order valence-electron chi connectivity index (χ3n) is 6.72. The lowest BCUT2D eigenvalue weighted by molar-refractivity contribution is -0.110. The maximum absolute atomic E-state index is 13.2. The number of benzene rings is 1. The molecule has 1 N–H and O–H groups in total. The second-order valence-electron chi connectivity index (χ2n) is 9.70. The number of hydrogen-bond acceptors (Lipinski definition) is 10. The summed E-state index contributed by atoms with van der Waals surface area (Å²) in [5.41, 5.74) is 0.495. The third-order valence-corrected chi connectivity index (χ3v) is 9.88. The van der Waals surface area contributed by atoms with Crippen LogP contribution in [0.25, 0.3) is 0 Å². The van der Waals surface area contributed by atoms with Crippen LogP contribution >= 0.6 is 11.3 Å². The lowest BCUT2D eigenvalue weighted by Gasteiger charge is -2.28. The minimum Gasteiger partial charge on any atom is -0.389 e. The van der Waals surface area contributed by atoms with Gasteiger partial charge in [-0.2, -0.15) is 0 Å². The smallest absolute Gasteiger partial charge is 0.280 e. The maximum atomic E-state index is 13.2. The molecule has 1 aliphatic carbocycles. The van der Waals surface area contributed by atoms with Crippen molar-refractivity contribution in [3.63, 3.8) is 0 Å². The van der Waals surface area contributed by atoms with Gasteiger partial charge in [0.1, 0.15) is 0 Å². The minimum absolute atomic E-state index is 0.0431. The van der Waals surface area contributed by atoms with Crippen LogP contribution in [0, 0.1) is 0 Å². The van der Waals surface area contributed by atoms with Gasteiger partial charge in [-0.3, -0.25) is 10.1 Å². The Morgan fingerprint density at radius 1 is 1.16 bits per heavy atom. The Hall–Kier alpha value is -2.38. The average molecular weight is 549 g/mol. The van der Waals surface area contributed by atoms with Crippen LogP contribution in [-0.4, -0.2) is 80.7 Å². The van der Waals surface area contributed by atoms with Crippen LogP contribution in [0.4, 0.5) is 5.13 Å². The van der Waals surface area contributed by atoms with Crippen LogP contribution in [0.5, 0.6) is 0 Å². The predicted molar refractivity (Wildman–Crippen MR) is 140 cm³/mol. The lowest BCUT2D eigenvalue weighted by atomic mass is 10.1. The molecule has 37 heavy (non-hydrogen) atoms. The molecule has 1 aromatic heterocycles. The molecule has 2 saturated heterocycles. The fraction of sp³-hybridized carbons (Fsp3) is 0.560. The van der Waals surface area contributed by atoms with E-state index in [1.54, 1.807) is 18.3 Å². The highest BCUT2D eigenvalue weighted by Crippen LogP contribution is 2.33. The van der Waals surface area contributed by atoms with Crippen LogP contribution in [0.3, 0.4) is 0 Å². The maximum Gasteiger partial charge on any atom is 0.280 e. The van der Waals surface area contributed by atoms with E-state index < -0.39 is 15.7 Å². The number of carbonyl (C=O) groups is 1. The summed E-state index contributed by atoms with van der Waals surface area (Å²) in [5.74, 6) is -0.492. The Balaban J connectivity index is 1.26. The van der Waals surface area contributed by atoms with Gasteiger partial charge < -0.3 is 19.2 Å². The zero-order valence-electron chi connectivity index (χ0n) is 20.8. The highest BCUT2D eigenvalue weighted by Gasteiger charge is 2.36. The first-order valence-electron chi connectivity index (χ1n) is 12.6. The van der Waals surface area contributed by atoms with Gasteiger partial charge >= 0.3 is 0 Å². The monoisotopic (exact) mass is 548 g/mol. The number of thiazole rings is 1. The van der Waals surface area contributed by atoms with Crippen molar-refractivity contribution in [2.45, 2.75) is 61.1 Å². The van der Waals surface area contributed by atoms with E-state index in [0.29, 0.717) is 49.8 Å². The first kappa shape index (κ1) is 26.2. The number of nitrogens with one attached hydrogen (secondary N) is 1. The molecule has 0 radical (unpaired) electrons. The Bertz CT molecular complexity index is 1210. The number of oxime groups is 1. The van der Waals surface area contributed by atoms with Crippen molar-refractivity contribution >= 4 is 37.9 Å². The van der Waals surface area contributed by atoms with Gasteiger partial charge in [-0.15, -0.1) is 0 Å². The summed E-state index contributed by atoms with van der Waals surface area (Å²) in [4.78, 5) is 26.6. The highest BCUT2D eigenvalue weighted by molar-refractivity contribution is 7.92. The number of rotatable bonds is 10. The summed E-state index contributed by atoms with van der Waals surface area (Å²) >= 11 is 1.35. The Labute approximate surface area is 220 Å². The normalized spacial score (nSPS) is 21.8. The largest absolute Gasteiger partial charge is 0.389 e. The van der Waals surface area contributed by atoms with E-state index in [4.69, 9.17) is 14.3 Å². The number of likely N-dealkylation sites (tertiary alicyclic amines) is 1. The molecule has 12 heteroatoms. The number of anilines is 1. The predicted octanol–water partition coefficient (Wildman–Crippen LogP) is 2.84. The number of ether oxygens (including phenoxy) is 2. The number of aromatic nitrogens is 1. The van der Waals surface area contributed by atoms with Crippen molar-refractivity contribution in [3.8, 4) is 0 Å². The van der Waals surface area contributed by atoms with E-state index in [9.17, 15) is 13.2 Å². The molecule has 1 atom stereocenters. The molecule has 0 unspecified atom stereocenters. The third kappa shape index (κ3) is 6.74. The zero-order valence-corrected chi connectivity index (χ0v) is 22.4. The summed E-state index contributed by atoms with van der Waals surface area (Å²) in [5, 5.41) is 7.07. The summed E-state index contributed by atoms with van der Waals surface area (Å²) < 4.78 is 36.5. The molecule has 5 rings (SSSR count). The number of sulfone groups is 1. The van der Waals surface area contributed by atoms with E-state index in [0.717, 1.165) is 30.8 Å². The minimum atomic E-state index is -3.33. The van der Waals surface area contributed by atoms with E-state index in [-0.39, 0.29) is 28.1 Å². The average Bonchev–Trinajstić information content (AvgIpc) is 3.47. The molecule has 10 nitrogen and oxygen atoms in total. The van der Waals surface area contributed by atoms with Gasteiger partial charge in [-0.25, -0.2) is 13.4 Å². The second kappa shape index (κ2) is 11.6. The molecule has 1 aromatic carbocycles.